The van der Waals surface area contributed by atoms with Crippen LogP contribution in [0, 0.1) is 5.92 Å². The van der Waals surface area contributed by atoms with Crippen molar-refractivity contribution in [3.63, 3.8) is 0 Å². The summed E-state index contributed by atoms with van der Waals surface area (Å²) >= 11 is 0. The highest BCUT2D eigenvalue weighted by atomic mass is 16.5. The summed E-state index contributed by atoms with van der Waals surface area (Å²) in [5, 5.41) is 3.28. The van der Waals surface area contributed by atoms with Gasteiger partial charge in [-0.2, -0.15) is 0 Å². The van der Waals surface area contributed by atoms with Crippen LogP contribution in [0.15, 0.2) is 30.3 Å². The quantitative estimate of drug-likeness (QED) is 0.776. The smallest absolute Gasteiger partial charge is 0.329 e. The maximum Gasteiger partial charge on any atom is 0.329 e. The number of nitrogens with zero attached hydrogens (tertiary/aromatic N) is 1. The molecule has 1 saturated heterocycles. The highest BCUT2D eigenvalue weighted by Crippen LogP contribution is 2.17. The number of amides is 1. The summed E-state index contributed by atoms with van der Waals surface area (Å²) in [6, 6.07) is 9.01. The number of carbonyl (C=O) groups excluding carboxylic acids is 2. The Labute approximate surface area is 144 Å². The summed E-state index contributed by atoms with van der Waals surface area (Å²) in [5.74, 6) is 0.102. The van der Waals surface area contributed by atoms with E-state index in [1.807, 2.05) is 30.3 Å². The Morgan fingerprint density at radius 1 is 1.33 bits per heavy atom. The Kier molecular flexibility index (Phi) is 6.79. The van der Waals surface area contributed by atoms with Gasteiger partial charge in [0.1, 0.15) is 6.04 Å². The minimum absolute atomic E-state index is 0.00364. The maximum atomic E-state index is 12.9. The zero-order valence-corrected chi connectivity index (χ0v) is 14.8. The second-order valence-corrected chi connectivity index (χ2v) is 6.63. The molecular formula is C19H28N2O3. The molecule has 1 aliphatic rings. The molecule has 2 rings (SSSR count). The molecule has 0 unspecified atom stereocenters. The van der Waals surface area contributed by atoms with Crippen molar-refractivity contribution in [3.05, 3.63) is 35.9 Å². The first-order valence-electron chi connectivity index (χ1n) is 8.77. The molecule has 0 aromatic heterocycles. The standard InChI is InChI=1S/C19H28N2O3/c1-4-24-19(23)17(13-15-8-6-5-7-9-15)21-11-10-20-16(18(21)22)12-14(2)3/h5-9,14,16-17,20H,4,10-13H2,1-3H3/t16-,17+/m0/s1. The number of piperazine rings is 1. The van der Waals surface area contributed by atoms with E-state index in [-0.39, 0.29) is 17.9 Å². The van der Waals surface area contributed by atoms with Crippen molar-refractivity contribution in [1.82, 2.24) is 10.2 Å². The van der Waals surface area contributed by atoms with Crippen LogP contribution in [0.5, 0.6) is 0 Å². The van der Waals surface area contributed by atoms with Crippen molar-refractivity contribution in [3.8, 4) is 0 Å². The maximum absolute atomic E-state index is 12.9. The number of hydrogen-bond acceptors (Lipinski definition) is 4. The average Bonchev–Trinajstić information content (AvgIpc) is 2.56. The van der Waals surface area contributed by atoms with E-state index in [0.29, 0.717) is 32.0 Å². The second-order valence-electron chi connectivity index (χ2n) is 6.63. The van der Waals surface area contributed by atoms with Gasteiger partial charge < -0.3 is 15.0 Å². The number of rotatable bonds is 7. The molecule has 2 atom stereocenters. The largest absolute Gasteiger partial charge is 0.464 e. The molecule has 0 spiro atoms. The SMILES string of the molecule is CCOC(=O)[C@@H](Cc1ccccc1)N1CCN[C@@H](CC(C)C)C1=O. The van der Waals surface area contributed by atoms with E-state index in [1.54, 1.807) is 11.8 Å². The van der Waals surface area contributed by atoms with Gasteiger partial charge in [0.15, 0.2) is 0 Å². The number of nitrogens with one attached hydrogen (secondary N) is 1. The number of hydrogen-bond donors (Lipinski definition) is 1. The van der Waals surface area contributed by atoms with E-state index in [9.17, 15) is 9.59 Å². The molecule has 0 radical (unpaired) electrons. The van der Waals surface area contributed by atoms with Crippen molar-refractivity contribution >= 4 is 11.9 Å². The van der Waals surface area contributed by atoms with Gasteiger partial charge in [-0.1, -0.05) is 44.2 Å². The van der Waals surface area contributed by atoms with Gasteiger partial charge in [-0.05, 0) is 24.8 Å². The van der Waals surface area contributed by atoms with Crippen LogP contribution in [0.1, 0.15) is 32.8 Å². The number of esters is 1. The van der Waals surface area contributed by atoms with E-state index < -0.39 is 6.04 Å². The van der Waals surface area contributed by atoms with Crippen molar-refractivity contribution in [1.29, 1.82) is 0 Å². The molecule has 1 heterocycles. The molecule has 1 fully saturated rings. The van der Waals surface area contributed by atoms with Crippen molar-refractivity contribution in [2.45, 2.75) is 45.7 Å². The lowest BCUT2D eigenvalue weighted by atomic mass is 9.98. The summed E-state index contributed by atoms with van der Waals surface area (Å²) in [7, 11) is 0. The molecule has 1 aromatic carbocycles. The van der Waals surface area contributed by atoms with Gasteiger partial charge in [0.05, 0.1) is 12.6 Å². The van der Waals surface area contributed by atoms with Crippen LogP contribution in [0.4, 0.5) is 0 Å². The third-order valence-corrected chi connectivity index (χ3v) is 4.24. The average molecular weight is 332 g/mol. The summed E-state index contributed by atoms with van der Waals surface area (Å²) in [6.07, 6.45) is 1.26. The molecule has 0 saturated carbocycles. The van der Waals surface area contributed by atoms with E-state index in [1.165, 1.54) is 0 Å². The van der Waals surface area contributed by atoms with Gasteiger partial charge in [-0.3, -0.25) is 4.79 Å². The van der Waals surface area contributed by atoms with Crippen LogP contribution in [0.3, 0.4) is 0 Å². The van der Waals surface area contributed by atoms with Gasteiger partial charge in [-0.15, -0.1) is 0 Å². The number of benzene rings is 1. The van der Waals surface area contributed by atoms with E-state index in [0.717, 1.165) is 12.0 Å². The monoisotopic (exact) mass is 332 g/mol. The van der Waals surface area contributed by atoms with Crippen molar-refractivity contribution in [2.24, 2.45) is 5.92 Å². The second kappa shape index (κ2) is 8.83. The third-order valence-electron chi connectivity index (χ3n) is 4.24. The first kappa shape index (κ1) is 18.5. The first-order valence-corrected chi connectivity index (χ1v) is 8.77. The Morgan fingerprint density at radius 3 is 2.67 bits per heavy atom. The lowest BCUT2D eigenvalue weighted by molar-refractivity contribution is -0.157. The molecule has 0 bridgehead atoms. The lowest BCUT2D eigenvalue weighted by Gasteiger charge is -2.38. The van der Waals surface area contributed by atoms with Crippen LogP contribution < -0.4 is 5.32 Å². The molecule has 5 nitrogen and oxygen atoms in total. The molecule has 5 heteroatoms. The summed E-state index contributed by atoms with van der Waals surface area (Å²) in [6.45, 7) is 7.54. The van der Waals surface area contributed by atoms with E-state index in [2.05, 4.69) is 19.2 Å². The topological polar surface area (TPSA) is 58.6 Å². The van der Waals surface area contributed by atoms with Crippen LogP contribution in [-0.2, 0) is 20.7 Å². The summed E-state index contributed by atoms with van der Waals surface area (Å²) in [4.78, 5) is 27.0. The highest BCUT2D eigenvalue weighted by Gasteiger charge is 2.37. The first-order chi connectivity index (χ1) is 11.5. The Bertz CT molecular complexity index is 545. The number of carbonyl (C=O) groups is 2. The minimum atomic E-state index is -0.559. The molecule has 1 aromatic rings. The molecule has 1 aliphatic heterocycles. The van der Waals surface area contributed by atoms with E-state index >= 15 is 0 Å². The Hall–Kier alpha value is -1.88. The number of ether oxygens (including phenoxy) is 1. The van der Waals surface area contributed by atoms with Gasteiger partial charge in [-0.25, -0.2) is 4.79 Å². The molecular weight excluding hydrogens is 304 g/mol. The molecule has 0 aliphatic carbocycles. The van der Waals surface area contributed by atoms with Gasteiger partial charge >= 0.3 is 5.97 Å². The fourth-order valence-corrected chi connectivity index (χ4v) is 3.12. The predicted molar refractivity (Wildman–Crippen MR) is 93.5 cm³/mol. The minimum Gasteiger partial charge on any atom is -0.464 e. The van der Waals surface area contributed by atoms with Gasteiger partial charge in [0, 0.05) is 19.5 Å². The zero-order chi connectivity index (χ0) is 17.5. The predicted octanol–water partition coefficient (Wildman–Crippen LogP) is 2.01. The van der Waals surface area contributed by atoms with Crippen LogP contribution >= 0.6 is 0 Å². The van der Waals surface area contributed by atoms with Gasteiger partial charge in [0.2, 0.25) is 5.91 Å². The lowest BCUT2D eigenvalue weighted by Crippen LogP contribution is -2.60. The summed E-state index contributed by atoms with van der Waals surface area (Å²) in [5.41, 5.74) is 1.03. The molecule has 1 N–H and O–H groups in total. The molecule has 24 heavy (non-hydrogen) atoms. The van der Waals surface area contributed by atoms with Crippen molar-refractivity contribution in [2.75, 3.05) is 19.7 Å². The molecule has 132 valence electrons. The highest BCUT2D eigenvalue weighted by molar-refractivity contribution is 5.88. The normalized spacial score (nSPS) is 19.4. The Balaban J connectivity index is 2.18. The van der Waals surface area contributed by atoms with Crippen LogP contribution in [-0.4, -0.2) is 48.6 Å². The van der Waals surface area contributed by atoms with Crippen molar-refractivity contribution < 1.29 is 14.3 Å². The van der Waals surface area contributed by atoms with E-state index in [4.69, 9.17) is 4.74 Å². The van der Waals surface area contributed by atoms with Gasteiger partial charge in [0.25, 0.3) is 0 Å². The van der Waals surface area contributed by atoms with Crippen LogP contribution in [0.25, 0.3) is 0 Å². The van der Waals surface area contributed by atoms with Crippen LogP contribution in [0.2, 0.25) is 0 Å². The zero-order valence-electron chi connectivity index (χ0n) is 14.8. The third kappa shape index (κ3) is 4.81. The fraction of sp³-hybridized carbons (Fsp3) is 0.579. The molecule has 1 amide bonds. The Morgan fingerprint density at radius 2 is 2.04 bits per heavy atom. The fourth-order valence-electron chi connectivity index (χ4n) is 3.12. The summed E-state index contributed by atoms with van der Waals surface area (Å²) < 4.78 is 5.24.